The molecule has 107 valence electrons. The van der Waals surface area contributed by atoms with Gasteiger partial charge in [-0.15, -0.1) is 0 Å². The normalized spacial score (nSPS) is 57.2. The minimum absolute atomic E-state index is 0.710. The monoisotopic (exact) mass is 259 g/mol. The van der Waals surface area contributed by atoms with Crippen LogP contribution < -0.4 is 0 Å². The Kier molecular flexibility index (Phi) is 2.84. The molecule has 0 heteroatoms. The van der Waals surface area contributed by atoms with E-state index in [2.05, 4.69) is 20.3 Å². The standard InChI is InChI=1S/C19H31/c1-18-11-5-7-16(18)15-9-8-14-6-3-4-12-19(14,2)17(15)10-13-18/h3,14-17H,4-13H2,1-2H3/t14?,15-,16-,17+,18-,19-/m0/s1. The molecule has 4 rings (SSSR count). The van der Waals surface area contributed by atoms with Gasteiger partial charge in [-0.25, -0.2) is 0 Å². The van der Waals surface area contributed by atoms with E-state index in [-0.39, 0.29) is 0 Å². The average molecular weight is 259 g/mol. The maximum absolute atomic E-state index is 2.68. The van der Waals surface area contributed by atoms with Crippen molar-refractivity contribution in [1.29, 1.82) is 0 Å². The van der Waals surface area contributed by atoms with Crippen LogP contribution in [0.2, 0.25) is 0 Å². The Morgan fingerprint density at radius 1 is 0.895 bits per heavy atom. The fourth-order valence-electron chi connectivity index (χ4n) is 7.04. The summed E-state index contributed by atoms with van der Waals surface area (Å²) in [5, 5.41) is 0. The molecule has 4 fully saturated rings. The van der Waals surface area contributed by atoms with Crippen molar-refractivity contribution in [3.05, 3.63) is 6.42 Å². The maximum atomic E-state index is 2.68. The summed E-state index contributed by atoms with van der Waals surface area (Å²) in [6.45, 7) is 5.31. The lowest BCUT2D eigenvalue weighted by atomic mass is 9.45. The van der Waals surface area contributed by atoms with E-state index in [9.17, 15) is 0 Å². The largest absolute Gasteiger partial charge is 0.0594 e. The lowest BCUT2D eigenvalue weighted by molar-refractivity contribution is -0.0969. The number of fused-ring (bicyclic) bond motifs is 5. The fraction of sp³-hybridized carbons (Fsp3) is 0.947. The van der Waals surface area contributed by atoms with Gasteiger partial charge in [-0.1, -0.05) is 20.3 Å². The third-order valence-corrected chi connectivity index (χ3v) is 8.18. The van der Waals surface area contributed by atoms with E-state index in [1.807, 2.05) is 0 Å². The molecular weight excluding hydrogens is 228 g/mol. The molecule has 0 bridgehead atoms. The van der Waals surface area contributed by atoms with Crippen LogP contribution in [-0.4, -0.2) is 0 Å². The lowest BCUT2D eigenvalue weighted by Gasteiger charge is -2.60. The summed E-state index contributed by atoms with van der Waals surface area (Å²) >= 11 is 0. The van der Waals surface area contributed by atoms with E-state index >= 15 is 0 Å². The number of hydrogen-bond acceptors (Lipinski definition) is 0. The molecule has 0 aromatic carbocycles. The molecule has 0 aromatic heterocycles. The van der Waals surface area contributed by atoms with Crippen LogP contribution in [0.15, 0.2) is 0 Å². The second-order valence-corrected chi connectivity index (χ2v) is 8.80. The second-order valence-electron chi connectivity index (χ2n) is 8.80. The molecule has 0 aliphatic heterocycles. The summed E-state index contributed by atoms with van der Waals surface area (Å²) < 4.78 is 0. The van der Waals surface area contributed by atoms with Crippen LogP contribution in [0.25, 0.3) is 0 Å². The Bertz CT molecular complexity index is 359. The number of hydrogen-bond donors (Lipinski definition) is 0. The molecule has 0 nitrogen and oxygen atoms in total. The summed E-state index contributed by atoms with van der Waals surface area (Å²) in [4.78, 5) is 0. The van der Waals surface area contributed by atoms with Crippen LogP contribution in [0.1, 0.15) is 78.1 Å². The Morgan fingerprint density at radius 2 is 1.79 bits per heavy atom. The van der Waals surface area contributed by atoms with Gasteiger partial charge in [0.1, 0.15) is 0 Å². The van der Waals surface area contributed by atoms with Crippen molar-refractivity contribution < 1.29 is 0 Å². The van der Waals surface area contributed by atoms with Crippen LogP contribution in [0.4, 0.5) is 0 Å². The van der Waals surface area contributed by atoms with Crippen LogP contribution in [0.3, 0.4) is 0 Å². The van der Waals surface area contributed by atoms with Crippen molar-refractivity contribution in [2.75, 3.05) is 0 Å². The van der Waals surface area contributed by atoms with Gasteiger partial charge in [-0.3, -0.25) is 0 Å². The van der Waals surface area contributed by atoms with Gasteiger partial charge >= 0.3 is 0 Å². The van der Waals surface area contributed by atoms with Crippen LogP contribution in [0.5, 0.6) is 0 Å². The van der Waals surface area contributed by atoms with Gasteiger partial charge in [0.25, 0.3) is 0 Å². The summed E-state index contributed by atoms with van der Waals surface area (Å²) in [7, 11) is 0. The zero-order valence-corrected chi connectivity index (χ0v) is 13.0. The Hall–Kier alpha value is 0. The minimum atomic E-state index is 0.710. The molecule has 0 saturated heterocycles. The smallest absolute Gasteiger partial charge is 0.0266 e. The van der Waals surface area contributed by atoms with Crippen molar-refractivity contribution in [2.24, 2.45) is 34.5 Å². The fourth-order valence-corrected chi connectivity index (χ4v) is 7.04. The van der Waals surface area contributed by atoms with Gasteiger partial charge in [-0.2, -0.15) is 0 Å². The summed E-state index contributed by atoms with van der Waals surface area (Å²) in [6.07, 6.45) is 17.8. The zero-order chi connectivity index (χ0) is 13.1. The Morgan fingerprint density at radius 3 is 2.68 bits per heavy atom. The second kappa shape index (κ2) is 4.25. The molecule has 0 amide bonds. The molecule has 6 atom stereocenters. The first-order chi connectivity index (χ1) is 9.13. The predicted octanol–water partition coefficient (Wildman–Crippen LogP) is 5.62. The van der Waals surface area contributed by atoms with Crippen molar-refractivity contribution in [1.82, 2.24) is 0 Å². The van der Waals surface area contributed by atoms with Crippen molar-refractivity contribution in [3.8, 4) is 0 Å². The molecule has 4 saturated carbocycles. The summed E-state index contributed by atoms with van der Waals surface area (Å²) in [5.74, 6) is 4.31. The van der Waals surface area contributed by atoms with Crippen molar-refractivity contribution >= 4 is 0 Å². The molecule has 4 aliphatic carbocycles. The quantitative estimate of drug-likeness (QED) is 0.529. The molecule has 1 unspecified atom stereocenters. The van der Waals surface area contributed by atoms with E-state index in [4.69, 9.17) is 0 Å². The van der Waals surface area contributed by atoms with E-state index in [0.29, 0.717) is 5.41 Å². The van der Waals surface area contributed by atoms with Gasteiger partial charge in [0.15, 0.2) is 0 Å². The van der Waals surface area contributed by atoms with Crippen LogP contribution >= 0.6 is 0 Å². The first-order valence-corrected chi connectivity index (χ1v) is 8.95. The van der Waals surface area contributed by atoms with Gasteiger partial charge in [0, 0.05) is 0 Å². The molecule has 4 aliphatic rings. The SMILES string of the molecule is C[C@@]12CCC[C@H]1[C@@H]1CCC3C[CH]CC[C@]3(C)[C@@H]1CC2. The zero-order valence-electron chi connectivity index (χ0n) is 13.0. The minimum Gasteiger partial charge on any atom is -0.0594 e. The van der Waals surface area contributed by atoms with E-state index in [0.717, 1.165) is 29.1 Å². The molecule has 19 heavy (non-hydrogen) atoms. The molecule has 0 spiro atoms. The molecule has 0 N–H and O–H groups in total. The predicted molar refractivity (Wildman–Crippen MR) is 80.6 cm³/mol. The van der Waals surface area contributed by atoms with E-state index in [1.165, 1.54) is 32.1 Å². The third kappa shape index (κ3) is 1.70. The Balaban J connectivity index is 1.64. The van der Waals surface area contributed by atoms with E-state index < -0.39 is 0 Å². The Labute approximate surface area is 119 Å². The highest BCUT2D eigenvalue weighted by Crippen LogP contribution is 2.66. The number of rotatable bonds is 0. The van der Waals surface area contributed by atoms with Crippen molar-refractivity contribution in [2.45, 2.75) is 78.1 Å². The first-order valence-electron chi connectivity index (χ1n) is 8.95. The first kappa shape index (κ1) is 12.7. The average Bonchev–Trinajstić information content (AvgIpc) is 2.79. The lowest BCUT2D eigenvalue weighted by Crippen LogP contribution is -2.51. The highest BCUT2D eigenvalue weighted by Gasteiger charge is 2.56. The summed E-state index contributed by atoms with van der Waals surface area (Å²) in [6, 6.07) is 0. The van der Waals surface area contributed by atoms with Gasteiger partial charge in [0.05, 0.1) is 0 Å². The van der Waals surface area contributed by atoms with E-state index in [1.54, 1.807) is 32.1 Å². The summed E-state index contributed by atoms with van der Waals surface area (Å²) in [5.41, 5.74) is 1.45. The topological polar surface area (TPSA) is 0 Å². The van der Waals surface area contributed by atoms with Crippen molar-refractivity contribution in [3.63, 3.8) is 0 Å². The molecule has 0 aromatic rings. The van der Waals surface area contributed by atoms with Gasteiger partial charge in [0.2, 0.25) is 0 Å². The molecule has 1 radical (unpaired) electrons. The maximum Gasteiger partial charge on any atom is -0.0266 e. The molecular formula is C19H31. The highest BCUT2D eigenvalue weighted by molar-refractivity contribution is 5.07. The highest BCUT2D eigenvalue weighted by atomic mass is 14.6. The van der Waals surface area contributed by atoms with Gasteiger partial charge in [-0.05, 0) is 98.7 Å². The molecule has 0 heterocycles. The van der Waals surface area contributed by atoms with Crippen LogP contribution in [0, 0.1) is 40.9 Å². The van der Waals surface area contributed by atoms with Gasteiger partial charge < -0.3 is 0 Å². The third-order valence-electron chi connectivity index (χ3n) is 8.18. The van der Waals surface area contributed by atoms with Crippen LogP contribution in [-0.2, 0) is 0 Å².